The molecule has 1 fully saturated rings. The molecule has 0 aromatic heterocycles. The predicted molar refractivity (Wildman–Crippen MR) is 78.0 cm³/mol. The van der Waals surface area contributed by atoms with E-state index in [2.05, 4.69) is 43.1 Å². The third-order valence-electron chi connectivity index (χ3n) is 5.57. The largest absolute Gasteiger partial charge is 0.385 e. The monoisotopic (exact) mass is 259 g/mol. The highest BCUT2D eigenvalue weighted by atomic mass is 16.3. The van der Waals surface area contributed by atoms with Crippen LogP contribution in [0.2, 0.25) is 0 Å². The molecule has 2 aliphatic rings. The average Bonchev–Trinajstić information content (AvgIpc) is 2.45. The molecule has 1 saturated heterocycles. The summed E-state index contributed by atoms with van der Waals surface area (Å²) < 4.78 is 0. The zero-order chi connectivity index (χ0) is 13.6. The van der Waals surface area contributed by atoms with Gasteiger partial charge in [0.05, 0.1) is 5.60 Å². The number of piperidine rings is 1. The lowest BCUT2D eigenvalue weighted by molar-refractivity contribution is -0.0450. The van der Waals surface area contributed by atoms with E-state index < -0.39 is 5.60 Å². The van der Waals surface area contributed by atoms with E-state index >= 15 is 0 Å². The number of hydrogen-bond donors (Lipinski definition) is 1. The number of rotatable bonds is 0. The maximum absolute atomic E-state index is 11.1. The van der Waals surface area contributed by atoms with Crippen molar-refractivity contribution in [2.75, 3.05) is 20.1 Å². The van der Waals surface area contributed by atoms with Gasteiger partial charge in [0.15, 0.2) is 0 Å². The molecule has 0 spiro atoms. The Morgan fingerprint density at radius 2 is 2.05 bits per heavy atom. The van der Waals surface area contributed by atoms with Gasteiger partial charge in [-0.25, -0.2) is 0 Å². The Labute approximate surface area is 116 Å². The van der Waals surface area contributed by atoms with Crippen LogP contribution in [0.15, 0.2) is 24.3 Å². The minimum absolute atomic E-state index is 0.329. The van der Waals surface area contributed by atoms with Gasteiger partial charge in [-0.3, -0.25) is 0 Å². The minimum atomic E-state index is -0.689. The molecule has 2 heteroatoms. The summed E-state index contributed by atoms with van der Waals surface area (Å²) in [4.78, 5) is 2.44. The van der Waals surface area contributed by atoms with Crippen molar-refractivity contribution in [1.29, 1.82) is 0 Å². The van der Waals surface area contributed by atoms with Crippen LogP contribution < -0.4 is 0 Å². The first-order valence-corrected chi connectivity index (χ1v) is 7.49. The highest BCUT2D eigenvalue weighted by Crippen LogP contribution is 2.45. The van der Waals surface area contributed by atoms with E-state index in [-0.39, 0.29) is 0 Å². The first-order valence-electron chi connectivity index (χ1n) is 7.49. The Morgan fingerprint density at radius 3 is 2.84 bits per heavy atom. The van der Waals surface area contributed by atoms with Gasteiger partial charge in [-0.05, 0) is 62.2 Å². The summed E-state index contributed by atoms with van der Waals surface area (Å²) in [7, 11) is 2.22. The third-order valence-corrected chi connectivity index (χ3v) is 5.57. The molecule has 2 nitrogen and oxygen atoms in total. The smallest absolute Gasteiger partial charge is 0.0899 e. The Kier molecular flexibility index (Phi) is 3.18. The number of fused-ring (bicyclic) bond motifs is 2. The van der Waals surface area contributed by atoms with Crippen LogP contribution in [-0.4, -0.2) is 30.1 Å². The number of nitrogens with zero attached hydrogens (tertiary/aromatic N) is 1. The fraction of sp³-hybridized carbons (Fsp3) is 0.647. The first-order chi connectivity index (χ1) is 9.00. The van der Waals surface area contributed by atoms with Crippen molar-refractivity contribution in [2.45, 2.75) is 32.3 Å². The van der Waals surface area contributed by atoms with Crippen LogP contribution in [0.4, 0.5) is 0 Å². The second-order valence-electron chi connectivity index (χ2n) is 6.77. The molecule has 1 N–H and O–H groups in total. The second-order valence-corrected chi connectivity index (χ2v) is 6.77. The average molecular weight is 259 g/mol. The Balaban J connectivity index is 2.05. The third kappa shape index (κ3) is 2.11. The van der Waals surface area contributed by atoms with Gasteiger partial charge >= 0.3 is 0 Å². The first kappa shape index (κ1) is 13.1. The summed E-state index contributed by atoms with van der Waals surface area (Å²) in [6.45, 7) is 6.58. The lowest BCUT2D eigenvalue weighted by atomic mass is 9.71. The maximum Gasteiger partial charge on any atom is 0.0899 e. The van der Waals surface area contributed by atoms with Gasteiger partial charge in [0, 0.05) is 6.54 Å². The molecule has 1 aliphatic carbocycles. The summed E-state index contributed by atoms with van der Waals surface area (Å²) in [5.74, 6) is 1.65. The van der Waals surface area contributed by atoms with E-state index in [4.69, 9.17) is 0 Å². The van der Waals surface area contributed by atoms with Crippen LogP contribution >= 0.6 is 0 Å². The van der Waals surface area contributed by atoms with Gasteiger partial charge in [-0.15, -0.1) is 0 Å². The molecular weight excluding hydrogens is 234 g/mol. The lowest BCUT2D eigenvalue weighted by Gasteiger charge is -2.42. The van der Waals surface area contributed by atoms with E-state index in [1.807, 2.05) is 6.92 Å². The van der Waals surface area contributed by atoms with Gasteiger partial charge in [0.2, 0.25) is 0 Å². The van der Waals surface area contributed by atoms with Crippen LogP contribution in [0.25, 0.3) is 0 Å². The fourth-order valence-electron chi connectivity index (χ4n) is 4.24. The minimum Gasteiger partial charge on any atom is -0.385 e. The molecule has 1 aromatic carbocycles. The topological polar surface area (TPSA) is 23.5 Å². The SMILES string of the molecule is CC1[C@H]2CCN(C)C[C@@H]2Cc2ccccc2C1(C)O. The Hall–Kier alpha value is -0.860. The molecule has 0 radical (unpaired) electrons. The van der Waals surface area contributed by atoms with Gasteiger partial charge in [-0.1, -0.05) is 31.2 Å². The summed E-state index contributed by atoms with van der Waals surface area (Å²) in [5, 5.41) is 11.1. The molecule has 1 heterocycles. The number of hydrogen-bond acceptors (Lipinski definition) is 2. The van der Waals surface area contributed by atoms with Crippen molar-refractivity contribution < 1.29 is 5.11 Å². The Morgan fingerprint density at radius 1 is 1.32 bits per heavy atom. The normalized spacial score (nSPS) is 39.3. The molecule has 0 amide bonds. The molecule has 2 unspecified atom stereocenters. The van der Waals surface area contributed by atoms with Gasteiger partial charge in [-0.2, -0.15) is 0 Å². The van der Waals surface area contributed by atoms with Crippen molar-refractivity contribution in [3.63, 3.8) is 0 Å². The van der Waals surface area contributed by atoms with Crippen LogP contribution in [0, 0.1) is 17.8 Å². The molecule has 1 aromatic rings. The van der Waals surface area contributed by atoms with Crippen molar-refractivity contribution in [3.05, 3.63) is 35.4 Å². The van der Waals surface area contributed by atoms with Gasteiger partial charge in [0.1, 0.15) is 0 Å². The van der Waals surface area contributed by atoms with E-state index in [0.717, 1.165) is 18.5 Å². The quantitative estimate of drug-likeness (QED) is 0.774. The molecule has 104 valence electrons. The van der Waals surface area contributed by atoms with Crippen LogP contribution in [-0.2, 0) is 12.0 Å². The van der Waals surface area contributed by atoms with Gasteiger partial charge < -0.3 is 10.0 Å². The molecule has 3 rings (SSSR count). The zero-order valence-electron chi connectivity index (χ0n) is 12.3. The molecule has 19 heavy (non-hydrogen) atoms. The second kappa shape index (κ2) is 4.60. The molecule has 0 bridgehead atoms. The predicted octanol–water partition coefficient (Wildman–Crippen LogP) is 2.65. The number of benzene rings is 1. The van der Waals surface area contributed by atoms with E-state index in [0.29, 0.717) is 17.8 Å². The molecular formula is C17H25NO. The number of aliphatic hydroxyl groups is 1. The van der Waals surface area contributed by atoms with Crippen molar-refractivity contribution >= 4 is 0 Å². The highest BCUT2D eigenvalue weighted by molar-refractivity contribution is 5.34. The fourth-order valence-corrected chi connectivity index (χ4v) is 4.24. The zero-order valence-corrected chi connectivity index (χ0v) is 12.3. The van der Waals surface area contributed by atoms with Crippen LogP contribution in [0.5, 0.6) is 0 Å². The lowest BCUT2D eigenvalue weighted by Crippen LogP contribution is -2.44. The van der Waals surface area contributed by atoms with Gasteiger partial charge in [0.25, 0.3) is 0 Å². The summed E-state index contributed by atoms with van der Waals surface area (Å²) in [5.41, 5.74) is 1.81. The standard InChI is InChI=1S/C17H25NO/c1-12-15-8-9-18(3)11-14(15)10-13-6-4-5-7-16(13)17(12,2)19/h4-7,12,14-15,19H,8-11H2,1-3H3/t12?,14-,15+,17?/m0/s1. The van der Waals surface area contributed by atoms with Crippen molar-refractivity contribution in [2.24, 2.45) is 17.8 Å². The van der Waals surface area contributed by atoms with Crippen molar-refractivity contribution in [3.8, 4) is 0 Å². The molecule has 1 aliphatic heterocycles. The molecule has 4 atom stereocenters. The van der Waals surface area contributed by atoms with Crippen molar-refractivity contribution in [1.82, 2.24) is 4.90 Å². The highest BCUT2D eigenvalue weighted by Gasteiger charge is 2.44. The number of likely N-dealkylation sites (tertiary alicyclic amines) is 1. The summed E-state index contributed by atoms with van der Waals surface area (Å²) >= 11 is 0. The van der Waals surface area contributed by atoms with E-state index in [1.54, 1.807) is 0 Å². The summed E-state index contributed by atoms with van der Waals surface area (Å²) in [6, 6.07) is 8.48. The molecule has 0 saturated carbocycles. The maximum atomic E-state index is 11.1. The van der Waals surface area contributed by atoms with Crippen LogP contribution in [0.1, 0.15) is 31.4 Å². The Bertz CT molecular complexity index is 468. The van der Waals surface area contributed by atoms with Crippen LogP contribution in [0.3, 0.4) is 0 Å². The summed E-state index contributed by atoms with van der Waals surface area (Å²) in [6.07, 6.45) is 2.33. The van der Waals surface area contributed by atoms with E-state index in [1.165, 1.54) is 18.5 Å². The van der Waals surface area contributed by atoms with E-state index in [9.17, 15) is 5.11 Å².